The van der Waals surface area contributed by atoms with Crippen LogP contribution in [0.25, 0.3) is 11.1 Å². The first-order chi connectivity index (χ1) is 16.3. The van der Waals surface area contributed by atoms with Crippen molar-refractivity contribution in [3.05, 3.63) is 153 Å². The van der Waals surface area contributed by atoms with Crippen molar-refractivity contribution in [1.82, 2.24) is 0 Å². The van der Waals surface area contributed by atoms with Crippen LogP contribution in [0.3, 0.4) is 0 Å². The predicted octanol–water partition coefficient (Wildman–Crippen LogP) is 7.88. The van der Waals surface area contributed by atoms with Gasteiger partial charge >= 0.3 is 202 Å². The summed E-state index contributed by atoms with van der Waals surface area (Å²) in [5, 5.41) is 0. The standard InChI is InChI=1S/C13H9.C13H10.C6H7.Zn/c1-3-7-12-10(5-1)9-11-6-2-4-8-13(11)12;1-3-7-12(8-4-1)11-13-9-5-2-6-10-13;1-6-4-2-3-5-6;/h1-9H;1-10H;4-5H,2H2,1H3;. The fourth-order valence-electron chi connectivity index (χ4n) is 6.28. The number of hydrogen-bond acceptors (Lipinski definition) is 0. The van der Waals surface area contributed by atoms with Gasteiger partial charge in [0.2, 0.25) is 0 Å². The van der Waals surface area contributed by atoms with Gasteiger partial charge in [0, 0.05) is 0 Å². The van der Waals surface area contributed by atoms with Gasteiger partial charge in [-0.1, -0.05) is 0 Å². The van der Waals surface area contributed by atoms with Gasteiger partial charge in [-0.05, 0) is 0 Å². The van der Waals surface area contributed by atoms with Crippen LogP contribution in [0.4, 0.5) is 0 Å². The van der Waals surface area contributed by atoms with Crippen molar-refractivity contribution in [3.63, 3.8) is 0 Å². The molecule has 2 aliphatic carbocycles. The van der Waals surface area contributed by atoms with Crippen molar-refractivity contribution in [2.75, 3.05) is 0 Å². The van der Waals surface area contributed by atoms with Crippen LogP contribution in [-0.2, 0) is 15.5 Å². The maximum absolute atomic E-state index is 2.67. The van der Waals surface area contributed by atoms with E-state index in [0.717, 1.165) is 6.42 Å². The zero-order valence-corrected chi connectivity index (χ0v) is 22.0. The van der Waals surface area contributed by atoms with Crippen molar-refractivity contribution >= 4 is 4.11 Å². The van der Waals surface area contributed by atoms with Gasteiger partial charge in [-0.3, -0.25) is 0 Å². The van der Waals surface area contributed by atoms with Gasteiger partial charge in [-0.25, -0.2) is 0 Å². The molecule has 0 radical (unpaired) electrons. The second kappa shape index (κ2) is 8.66. The molecule has 0 spiro atoms. The third kappa shape index (κ3) is 3.62. The Morgan fingerprint density at radius 2 is 1.12 bits per heavy atom. The van der Waals surface area contributed by atoms with Crippen LogP contribution in [0.5, 0.6) is 0 Å². The molecule has 33 heavy (non-hydrogen) atoms. The molecular weight excluding hydrogens is 450 g/mol. The van der Waals surface area contributed by atoms with Crippen molar-refractivity contribution in [3.8, 4) is 11.1 Å². The molecule has 0 saturated heterocycles. The SMILES string of the molecule is CC1=CC[C]([Zn](=[C](c2ccccc2)c2ccccc2)[CH]2c3ccccc3-c3ccccc32)=C1. The molecule has 2 aliphatic rings. The van der Waals surface area contributed by atoms with Gasteiger partial charge in [-0.2, -0.15) is 0 Å². The average molecular weight is 476 g/mol. The van der Waals surface area contributed by atoms with Crippen LogP contribution < -0.4 is 0 Å². The van der Waals surface area contributed by atoms with E-state index >= 15 is 0 Å². The molecule has 0 unspecified atom stereocenters. The first-order valence-electron chi connectivity index (χ1n) is 12.0. The van der Waals surface area contributed by atoms with Crippen LogP contribution in [-0.4, -0.2) is 4.11 Å². The number of allylic oxidation sites excluding steroid dienone is 4. The van der Waals surface area contributed by atoms with E-state index in [4.69, 9.17) is 0 Å². The van der Waals surface area contributed by atoms with Gasteiger partial charge in [0.05, 0.1) is 0 Å². The summed E-state index contributed by atoms with van der Waals surface area (Å²) in [7, 11) is 0. The summed E-state index contributed by atoms with van der Waals surface area (Å²) in [6.07, 6.45) is 6.06. The third-order valence-corrected chi connectivity index (χ3v) is 17.6. The van der Waals surface area contributed by atoms with Gasteiger partial charge < -0.3 is 0 Å². The van der Waals surface area contributed by atoms with Crippen molar-refractivity contribution in [2.24, 2.45) is 0 Å². The Bertz CT molecular complexity index is 1330. The van der Waals surface area contributed by atoms with Crippen molar-refractivity contribution < 1.29 is 15.5 Å². The van der Waals surface area contributed by atoms with E-state index in [1.807, 2.05) is 0 Å². The van der Waals surface area contributed by atoms with Crippen LogP contribution >= 0.6 is 0 Å². The van der Waals surface area contributed by atoms with Crippen LogP contribution in [0.15, 0.2) is 131 Å². The van der Waals surface area contributed by atoms with E-state index in [1.165, 1.54) is 39.0 Å². The molecule has 0 N–H and O–H groups in total. The van der Waals surface area contributed by atoms with E-state index in [1.54, 1.807) is 8.27 Å². The Morgan fingerprint density at radius 1 is 0.636 bits per heavy atom. The Hall–Kier alpha value is -3.15. The topological polar surface area (TPSA) is 0 Å². The second-order valence-corrected chi connectivity index (χ2v) is 17.0. The molecule has 0 aliphatic heterocycles. The average Bonchev–Trinajstić information content (AvgIpc) is 3.45. The minimum atomic E-state index is -2.67. The molecule has 0 nitrogen and oxygen atoms in total. The van der Waals surface area contributed by atoms with Crippen LogP contribution in [0.1, 0.15) is 40.1 Å². The summed E-state index contributed by atoms with van der Waals surface area (Å²) in [6.45, 7) is 2.26. The summed E-state index contributed by atoms with van der Waals surface area (Å²) in [4.78, 5) is 0. The summed E-state index contributed by atoms with van der Waals surface area (Å²) >= 11 is -2.67. The summed E-state index contributed by atoms with van der Waals surface area (Å²) in [5.74, 6) is 0. The number of fused-ring (bicyclic) bond motifs is 3. The summed E-state index contributed by atoms with van der Waals surface area (Å²) in [5.41, 5.74) is 10.2. The normalized spacial score (nSPS) is 14.1. The van der Waals surface area contributed by atoms with Crippen molar-refractivity contribution in [1.29, 1.82) is 0 Å². The molecule has 156 valence electrons. The van der Waals surface area contributed by atoms with Gasteiger partial charge in [0.15, 0.2) is 0 Å². The quantitative estimate of drug-likeness (QED) is 0.263. The Morgan fingerprint density at radius 3 is 1.61 bits per heavy atom. The molecule has 0 aromatic heterocycles. The molecule has 0 atom stereocenters. The monoisotopic (exact) mass is 474 g/mol. The van der Waals surface area contributed by atoms with Crippen LogP contribution in [0.2, 0.25) is 0 Å². The maximum atomic E-state index is 2.52. The molecular formula is C32H26Zn. The van der Waals surface area contributed by atoms with E-state index in [2.05, 4.69) is 128 Å². The van der Waals surface area contributed by atoms with Gasteiger partial charge in [0.25, 0.3) is 0 Å². The first-order valence-corrected chi connectivity index (χ1v) is 16.7. The molecule has 4 aromatic carbocycles. The van der Waals surface area contributed by atoms with E-state index in [9.17, 15) is 0 Å². The molecule has 0 bridgehead atoms. The predicted molar refractivity (Wildman–Crippen MR) is 136 cm³/mol. The van der Waals surface area contributed by atoms with Crippen LogP contribution in [0, 0.1) is 0 Å². The molecule has 0 fully saturated rings. The fourth-order valence-corrected chi connectivity index (χ4v) is 17.5. The van der Waals surface area contributed by atoms with E-state index in [-0.39, 0.29) is 0 Å². The fraction of sp³-hybridized carbons (Fsp3) is 0.0938. The summed E-state index contributed by atoms with van der Waals surface area (Å²) in [6, 6.07) is 40.7. The number of benzene rings is 4. The Labute approximate surface area is 201 Å². The third-order valence-electron chi connectivity index (χ3n) is 7.60. The number of hydrogen-bond donors (Lipinski definition) is 0. The molecule has 0 heterocycles. The first kappa shape index (κ1) is 20.5. The Kier molecular flexibility index (Phi) is 5.37. The Balaban J connectivity index is 1.72. The van der Waals surface area contributed by atoms with Gasteiger partial charge in [-0.15, -0.1) is 0 Å². The summed E-state index contributed by atoms with van der Waals surface area (Å²) < 4.78 is 3.84. The molecule has 0 saturated carbocycles. The van der Waals surface area contributed by atoms with E-state index < -0.39 is 15.5 Å². The second-order valence-electron chi connectivity index (χ2n) is 9.48. The van der Waals surface area contributed by atoms with Crippen molar-refractivity contribution in [2.45, 2.75) is 17.9 Å². The minimum absolute atomic E-state index is 0.498. The molecule has 6 rings (SSSR count). The number of rotatable bonds is 4. The zero-order chi connectivity index (χ0) is 22.2. The molecule has 0 amide bonds. The molecule has 4 aromatic rings. The zero-order valence-electron chi connectivity index (χ0n) is 19.0. The molecule has 1 heteroatoms. The van der Waals surface area contributed by atoms with E-state index in [0.29, 0.717) is 4.51 Å². The van der Waals surface area contributed by atoms with Gasteiger partial charge in [0.1, 0.15) is 0 Å².